The van der Waals surface area contributed by atoms with Gasteiger partial charge in [-0.1, -0.05) is 0 Å². The standard InChI is InChI=1S/C9H11N7O3/c1-18-8-12-7(13-9(14-8)19-2)16-3-4(10)5(15-16)6(11)17/h3H,10H2,1-2H3,(H2,11,17). The smallest absolute Gasteiger partial charge is 0.324 e. The number of nitrogens with two attached hydrogens (primary N) is 2. The Bertz CT molecular complexity index is 602. The Hall–Kier alpha value is -2.91. The van der Waals surface area contributed by atoms with Gasteiger partial charge < -0.3 is 20.9 Å². The number of aromatic nitrogens is 5. The van der Waals surface area contributed by atoms with Gasteiger partial charge in [0.2, 0.25) is 0 Å². The summed E-state index contributed by atoms with van der Waals surface area (Å²) in [5, 5.41) is 3.88. The summed E-state index contributed by atoms with van der Waals surface area (Å²) in [6.07, 6.45) is 1.36. The van der Waals surface area contributed by atoms with Crippen LogP contribution in [0.1, 0.15) is 10.5 Å². The molecule has 0 radical (unpaired) electrons. The van der Waals surface area contributed by atoms with E-state index in [0.29, 0.717) is 0 Å². The zero-order valence-electron chi connectivity index (χ0n) is 10.2. The van der Waals surface area contributed by atoms with E-state index in [-0.39, 0.29) is 29.4 Å². The predicted octanol–water partition coefficient (Wildman–Crippen LogP) is -1.24. The van der Waals surface area contributed by atoms with Crippen LogP contribution >= 0.6 is 0 Å². The highest BCUT2D eigenvalue weighted by Crippen LogP contribution is 2.15. The van der Waals surface area contributed by atoms with Gasteiger partial charge in [-0.2, -0.15) is 15.1 Å². The number of rotatable bonds is 4. The maximum atomic E-state index is 11.1. The highest BCUT2D eigenvalue weighted by Gasteiger charge is 2.15. The first-order valence-electron chi connectivity index (χ1n) is 5.04. The van der Waals surface area contributed by atoms with Crippen LogP contribution in [0.2, 0.25) is 0 Å². The highest BCUT2D eigenvalue weighted by atomic mass is 16.5. The van der Waals surface area contributed by atoms with Crippen molar-refractivity contribution in [1.29, 1.82) is 0 Å². The van der Waals surface area contributed by atoms with Gasteiger partial charge in [0.25, 0.3) is 11.9 Å². The van der Waals surface area contributed by atoms with Crippen molar-refractivity contribution in [2.45, 2.75) is 0 Å². The Labute approximate surface area is 107 Å². The lowest BCUT2D eigenvalue weighted by Crippen LogP contribution is -2.14. The number of anilines is 1. The topological polar surface area (TPSA) is 144 Å². The van der Waals surface area contributed by atoms with Gasteiger partial charge in [0, 0.05) is 0 Å². The number of hydrogen-bond donors (Lipinski definition) is 2. The molecule has 10 heteroatoms. The molecule has 19 heavy (non-hydrogen) atoms. The maximum Gasteiger partial charge on any atom is 0.324 e. The van der Waals surface area contributed by atoms with Gasteiger partial charge in [-0.25, -0.2) is 4.68 Å². The summed E-state index contributed by atoms with van der Waals surface area (Å²) in [6.45, 7) is 0. The van der Waals surface area contributed by atoms with E-state index in [9.17, 15) is 4.79 Å². The number of methoxy groups -OCH3 is 2. The van der Waals surface area contributed by atoms with Crippen molar-refractivity contribution in [2.24, 2.45) is 5.73 Å². The van der Waals surface area contributed by atoms with Crippen LogP contribution in [0.3, 0.4) is 0 Å². The van der Waals surface area contributed by atoms with Crippen molar-refractivity contribution in [2.75, 3.05) is 20.0 Å². The van der Waals surface area contributed by atoms with E-state index in [1.165, 1.54) is 25.1 Å². The van der Waals surface area contributed by atoms with Gasteiger partial charge in [0.15, 0.2) is 5.69 Å². The van der Waals surface area contributed by atoms with E-state index in [4.69, 9.17) is 20.9 Å². The molecule has 2 rings (SSSR count). The highest BCUT2D eigenvalue weighted by molar-refractivity contribution is 5.95. The summed E-state index contributed by atoms with van der Waals surface area (Å²) in [5.41, 5.74) is 10.8. The van der Waals surface area contributed by atoms with Gasteiger partial charge in [-0.3, -0.25) is 4.79 Å². The second kappa shape index (κ2) is 4.76. The summed E-state index contributed by atoms with van der Waals surface area (Å²) in [5.74, 6) is -0.660. The maximum absolute atomic E-state index is 11.1. The average molecular weight is 265 g/mol. The van der Waals surface area contributed by atoms with E-state index >= 15 is 0 Å². The van der Waals surface area contributed by atoms with Gasteiger partial charge in [-0.05, 0) is 0 Å². The molecule has 0 aliphatic heterocycles. The first-order chi connectivity index (χ1) is 9.05. The number of hydrogen-bond acceptors (Lipinski definition) is 8. The molecule has 0 aliphatic rings. The van der Waals surface area contributed by atoms with Crippen LogP contribution in [-0.2, 0) is 0 Å². The molecule has 0 aromatic carbocycles. The monoisotopic (exact) mass is 265 g/mol. The fourth-order valence-electron chi connectivity index (χ4n) is 1.29. The molecule has 0 spiro atoms. The second-order valence-electron chi connectivity index (χ2n) is 3.35. The fraction of sp³-hybridized carbons (Fsp3) is 0.222. The molecule has 0 saturated heterocycles. The van der Waals surface area contributed by atoms with Gasteiger partial charge >= 0.3 is 12.0 Å². The van der Waals surface area contributed by atoms with Crippen LogP contribution in [0.25, 0.3) is 5.95 Å². The molecule has 0 unspecified atom stereocenters. The molecule has 2 heterocycles. The van der Waals surface area contributed by atoms with Crippen molar-refractivity contribution in [3.63, 3.8) is 0 Å². The number of nitrogen functional groups attached to an aromatic ring is 1. The summed E-state index contributed by atoms with van der Waals surface area (Å²) in [6, 6.07) is 0.0769. The Kier molecular flexibility index (Phi) is 3.14. The minimum Gasteiger partial charge on any atom is -0.467 e. The molecule has 4 N–H and O–H groups in total. The molecule has 0 bridgehead atoms. The van der Waals surface area contributed by atoms with E-state index in [2.05, 4.69) is 20.1 Å². The lowest BCUT2D eigenvalue weighted by molar-refractivity contribution is 0.0996. The largest absolute Gasteiger partial charge is 0.467 e. The molecule has 10 nitrogen and oxygen atoms in total. The lowest BCUT2D eigenvalue weighted by Gasteiger charge is -2.04. The van der Waals surface area contributed by atoms with Crippen LogP contribution in [0.4, 0.5) is 5.69 Å². The minimum absolute atomic E-state index is 0.0385. The molecular weight excluding hydrogens is 254 g/mol. The van der Waals surface area contributed by atoms with Gasteiger partial charge in [-0.15, -0.1) is 4.98 Å². The molecule has 100 valence electrons. The summed E-state index contributed by atoms with van der Waals surface area (Å²) >= 11 is 0. The average Bonchev–Trinajstić information content (AvgIpc) is 2.80. The number of amides is 1. The normalized spacial score (nSPS) is 10.2. The summed E-state index contributed by atoms with van der Waals surface area (Å²) in [7, 11) is 2.79. The molecule has 2 aromatic heterocycles. The third-order valence-electron chi connectivity index (χ3n) is 2.13. The van der Waals surface area contributed by atoms with E-state index in [1.54, 1.807) is 0 Å². The number of carbonyl (C=O) groups is 1. The first-order valence-corrected chi connectivity index (χ1v) is 5.04. The van der Waals surface area contributed by atoms with E-state index in [0.717, 1.165) is 0 Å². The van der Waals surface area contributed by atoms with Gasteiger partial charge in [0.05, 0.1) is 26.1 Å². The SMILES string of the molecule is COc1nc(OC)nc(-n2cc(N)c(C(N)=O)n2)n1. The molecule has 1 amide bonds. The molecule has 0 saturated carbocycles. The van der Waals surface area contributed by atoms with Crippen LogP contribution in [0, 0.1) is 0 Å². The zero-order chi connectivity index (χ0) is 14.0. The third-order valence-corrected chi connectivity index (χ3v) is 2.13. The quantitative estimate of drug-likeness (QED) is 0.698. The molecule has 2 aromatic rings. The van der Waals surface area contributed by atoms with Crippen molar-refractivity contribution in [3.05, 3.63) is 11.9 Å². The minimum atomic E-state index is -0.746. The van der Waals surface area contributed by atoms with Crippen LogP contribution in [-0.4, -0.2) is 44.9 Å². The molecule has 0 atom stereocenters. The second-order valence-corrected chi connectivity index (χ2v) is 3.35. The Morgan fingerprint density at radius 3 is 2.21 bits per heavy atom. The molecule has 0 fully saturated rings. The van der Waals surface area contributed by atoms with Crippen LogP contribution in [0.5, 0.6) is 12.0 Å². The van der Waals surface area contributed by atoms with Crippen molar-refractivity contribution in [3.8, 4) is 18.0 Å². The van der Waals surface area contributed by atoms with E-state index in [1.807, 2.05) is 0 Å². The zero-order valence-corrected chi connectivity index (χ0v) is 10.2. The number of primary amides is 1. The van der Waals surface area contributed by atoms with Crippen molar-refractivity contribution < 1.29 is 14.3 Å². The fourth-order valence-corrected chi connectivity index (χ4v) is 1.29. The summed E-state index contributed by atoms with van der Waals surface area (Å²) in [4.78, 5) is 22.8. The molecular formula is C9H11N7O3. The molecule has 0 aliphatic carbocycles. The van der Waals surface area contributed by atoms with Crippen LogP contribution in [0.15, 0.2) is 6.20 Å². The summed E-state index contributed by atoms with van der Waals surface area (Å²) < 4.78 is 11.0. The Morgan fingerprint density at radius 1 is 1.21 bits per heavy atom. The van der Waals surface area contributed by atoms with Crippen LogP contribution < -0.4 is 20.9 Å². The lowest BCUT2D eigenvalue weighted by atomic mass is 10.4. The van der Waals surface area contributed by atoms with Gasteiger partial charge in [0.1, 0.15) is 0 Å². The van der Waals surface area contributed by atoms with E-state index < -0.39 is 5.91 Å². The van der Waals surface area contributed by atoms with Crippen molar-refractivity contribution >= 4 is 11.6 Å². The van der Waals surface area contributed by atoms with Crippen molar-refractivity contribution in [1.82, 2.24) is 24.7 Å². The number of nitrogens with zero attached hydrogens (tertiary/aromatic N) is 5. The first kappa shape index (κ1) is 12.5. The predicted molar refractivity (Wildman–Crippen MR) is 63.0 cm³/mol. The number of carbonyl (C=O) groups excluding carboxylic acids is 1. The number of ether oxygens (including phenoxy) is 2. The third kappa shape index (κ3) is 2.36. The Balaban J connectivity index is 2.51. The Morgan fingerprint density at radius 2 is 1.79 bits per heavy atom.